The van der Waals surface area contributed by atoms with Crippen molar-refractivity contribution in [1.82, 2.24) is 4.90 Å². The normalized spacial score (nSPS) is 9.81. The van der Waals surface area contributed by atoms with Crippen LogP contribution >= 0.6 is 0 Å². The molecule has 0 spiro atoms. The van der Waals surface area contributed by atoms with Crippen molar-refractivity contribution in [2.75, 3.05) is 25.0 Å². The average molecular weight is 294 g/mol. The molecule has 0 bridgehead atoms. The third-order valence-corrected chi connectivity index (χ3v) is 2.69. The number of likely N-dealkylation sites (N-methyl/N-ethyl adjacent to an activating group) is 1. The number of carbonyl (C=O) groups excluding carboxylic acids is 2. The van der Waals surface area contributed by atoms with E-state index < -0.39 is 18.0 Å². The maximum absolute atomic E-state index is 12.1. The highest BCUT2D eigenvalue weighted by Crippen LogP contribution is 2.15. The minimum atomic E-state index is -1.14. The van der Waals surface area contributed by atoms with Crippen molar-refractivity contribution in [3.63, 3.8) is 0 Å². The second-order valence-electron chi connectivity index (χ2n) is 4.10. The van der Waals surface area contributed by atoms with Gasteiger partial charge in [-0.3, -0.25) is 4.79 Å². The lowest BCUT2D eigenvalue weighted by Gasteiger charge is -2.20. The van der Waals surface area contributed by atoms with E-state index in [1.165, 1.54) is 17.0 Å². The molecule has 7 nitrogen and oxygen atoms in total. The van der Waals surface area contributed by atoms with Gasteiger partial charge in [-0.2, -0.15) is 0 Å². The predicted octanol–water partition coefficient (Wildman–Crippen LogP) is 1.80. The zero-order chi connectivity index (χ0) is 15.8. The van der Waals surface area contributed by atoms with Crippen LogP contribution in [-0.2, 0) is 9.53 Å². The van der Waals surface area contributed by atoms with Gasteiger partial charge in [0.25, 0.3) is 0 Å². The molecule has 1 rings (SSSR count). The Morgan fingerprint density at radius 2 is 1.90 bits per heavy atom. The number of carboxylic acid groups (broad SMARTS) is 1. The summed E-state index contributed by atoms with van der Waals surface area (Å²) < 4.78 is 4.78. The summed E-state index contributed by atoms with van der Waals surface area (Å²) in [7, 11) is 0. The molecule has 0 saturated carbocycles. The largest absolute Gasteiger partial charge is 0.478 e. The minimum Gasteiger partial charge on any atom is -0.478 e. The molecule has 0 heterocycles. The van der Waals surface area contributed by atoms with Gasteiger partial charge >= 0.3 is 18.0 Å². The van der Waals surface area contributed by atoms with E-state index in [9.17, 15) is 14.4 Å². The average Bonchev–Trinajstić information content (AvgIpc) is 2.45. The number of rotatable bonds is 6. The third-order valence-electron chi connectivity index (χ3n) is 2.69. The molecule has 0 aliphatic rings. The number of ether oxygens (including phenoxy) is 1. The van der Waals surface area contributed by atoms with E-state index in [-0.39, 0.29) is 24.4 Å². The maximum atomic E-state index is 12.1. The molecular weight excluding hydrogens is 276 g/mol. The van der Waals surface area contributed by atoms with Crippen LogP contribution in [0, 0.1) is 0 Å². The molecule has 2 amide bonds. The van der Waals surface area contributed by atoms with Gasteiger partial charge < -0.3 is 20.1 Å². The molecule has 7 heteroatoms. The molecule has 0 aliphatic heterocycles. The Balaban J connectivity index is 2.79. The first-order valence-corrected chi connectivity index (χ1v) is 6.53. The summed E-state index contributed by atoms with van der Waals surface area (Å²) in [4.78, 5) is 35.8. The standard InChI is InChI=1S/C14H18N2O5/c1-3-16(9-12(17)21-4-2)14(20)15-11-8-6-5-7-10(11)13(18)19/h5-8H,3-4,9H2,1-2H3,(H,15,20)(H,18,19). The van der Waals surface area contributed by atoms with Crippen molar-refractivity contribution in [3.8, 4) is 0 Å². The van der Waals surface area contributed by atoms with Crippen LogP contribution in [-0.4, -0.2) is 47.7 Å². The molecule has 0 fully saturated rings. The van der Waals surface area contributed by atoms with Crippen LogP contribution in [0.4, 0.5) is 10.5 Å². The topological polar surface area (TPSA) is 95.9 Å². The fourth-order valence-corrected chi connectivity index (χ4v) is 1.66. The summed E-state index contributed by atoms with van der Waals surface area (Å²) in [6.45, 7) is 3.73. The van der Waals surface area contributed by atoms with Crippen LogP contribution in [0.15, 0.2) is 24.3 Å². The Labute approximate surface area is 122 Å². The minimum absolute atomic E-state index is 0.0157. The van der Waals surface area contributed by atoms with Gasteiger partial charge in [-0.1, -0.05) is 12.1 Å². The fraction of sp³-hybridized carbons (Fsp3) is 0.357. The lowest BCUT2D eigenvalue weighted by atomic mass is 10.2. The Hall–Kier alpha value is -2.57. The predicted molar refractivity (Wildman–Crippen MR) is 76.3 cm³/mol. The summed E-state index contributed by atoms with van der Waals surface area (Å²) in [5, 5.41) is 11.5. The van der Waals surface area contributed by atoms with Gasteiger partial charge in [0.15, 0.2) is 0 Å². The van der Waals surface area contributed by atoms with E-state index >= 15 is 0 Å². The molecule has 1 aromatic carbocycles. The quantitative estimate of drug-likeness (QED) is 0.780. The van der Waals surface area contributed by atoms with E-state index in [1.54, 1.807) is 26.0 Å². The zero-order valence-corrected chi connectivity index (χ0v) is 12.0. The molecule has 0 aliphatic carbocycles. The van der Waals surface area contributed by atoms with Gasteiger partial charge in [0.2, 0.25) is 0 Å². The molecule has 0 aromatic heterocycles. The Bertz CT molecular complexity index is 530. The van der Waals surface area contributed by atoms with E-state index in [0.717, 1.165) is 0 Å². The van der Waals surface area contributed by atoms with Gasteiger partial charge in [-0.05, 0) is 26.0 Å². The number of nitrogens with zero attached hydrogens (tertiary/aromatic N) is 1. The first-order valence-electron chi connectivity index (χ1n) is 6.53. The van der Waals surface area contributed by atoms with Crippen molar-refractivity contribution in [2.45, 2.75) is 13.8 Å². The summed E-state index contributed by atoms with van der Waals surface area (Å²) in [5.74, 6) is -1.65. The van der Waals surface area contributed by atoms with Gasteiger partial charge in [-0.15, -0.1) is 0 Å². The third kappa shape index (κ3) is 4.79. The molecule has 0 radical (unpaired) electrons. The Morgan fingerprint density at radius 1 is 1.24 bits per heavy atom. The molecule has 21 heavy (non-hydrogen) atoms. The highest BCUT2D eigenvalue weighted by molar-refractivity contribution is 6.00. The molecule has 2 N–H and O–H groups in total. The van der Waals surface area contributed by atoms with Gasteiger partial charge in [0, 0.05) is 6.54 Å². The number of carboxylic acids is 1. The van der Waals surface area contributed by atoms with Crippen molar-refractivity contribution >= 4 is 23.7 Å². The van der Waals surface area contributed by atoms with Gasteiger partial charge in [0.05, 0.1) is 17.9 Å². The molecule has 0 unspecified atom stereocenters. The molecule has 114 valence electrons. The fourth-order valence-electron chi connectivity index (χ4n) is 1.66. The smallest absolute Gasteiger partial charge is 0.337 e. The second kappa shape index (κ2) is 7.88. The SMILES string of the molecule is CCOC(=O)CN(CC)C(=O)Nc1ccccc1C(=O)O. The number of para-hydroxylation sites is 1. The van der Waals surface area contributed by atoms with Crippen LogP contribution in [0.3, 0.4) is 0 Å². The van der Waals surface area contributed by atoms with E-state index in [0.29, 0.717) is 6.54 Å². The second-order valence-corrected chi connectivity index (χ2v) is 4.10. The lowest BCUT2D eigenvalue weighted by molar-refractivity contribution is -0.143. The van der Waals surface area contributed by atoms with Crippen LogP contribution < -0.4 is 5.32 Å². The number of anilines is 1. The number of carbonyl (C=O) groups is 3. The number of nitrogens with one attached hydrogen (secondary N) is 1. The van der Waals surface area contributed by atoms with E-state index in [2.05, 4.69) is 5.32 Å². The molecular formula is C14H18N2O5. The number of amides is 2. The maximum Gasteiger partial charge on any atom is 0.337 e. The van der Waals surface area contributed by atoms with Gasteiger partial charge in [-0.25, -0.2) is 9.59 Å². The summed E-state index contributed by atoms with van der Waals surface area (Å²) >= 11 is 0. The number of hydrogen-bond acceptors (Lipinski definition) is 4. The summed E-state index contributed by atoms with van der Waals surface area (Å²) in [6, 6.07) is 5.50. The van der Waals surface area contributed by atoms with E-state index in [4.69, 9.17) is 9.84 Å². The molecule has 1 aromatic rings. The van der Waals surface area contributed by atoms with Crippen LogP contribution in [0.25, 0.3) is 0 Å². The highest BCUT2D eigenvalue weighted by Gasteiger charge is 2.18. The summed E-state index contributed by atoms with van der Waals surface area (Å²) in [6.07, 6.45) is 0. The number of esters is 1. The van der Waals surface area contributed by atoms with Crippen LogP contribution in [0.2, 0.25) is 0 Å². The molecule has 0 saturated heterocycles. The van der Waals surface area contributed by atoms with Crippen LogP contribution in [0.1, 0.15) is 24.2 Å². The van der Waals surface area contributed by atoms with Crippen LogP contribution in [0.5, 0.6) is 0 Å². The first kappa shape index (κ1) is 16.5. The van der Waals surface area contributed by atoms with Crippen molar-refractivity contribution in [1.29, 1.82) is 0 Å². The van der Waals surface area contributed by atoms with Crippen molar-refractivity contribution in [2.24, 2.45) is 0 Å². The number of benzene rings is 1. The first-order chi connectivity index (χ1) is 9.99. The van der Waals surface area contributed by atoms with Crippen molar-refractivity contribution in [3.05, 3.63) is 29.8 Å². The Morgan fingerprint density at radius 3 is 2.48 bits per heavy atom. The lowest BCUT2D eigenvalue weighted by Crippen LogP contribution is -2.39. The zero-order valence-electron chi connectivity index (χ0n) is 12.0. The monoisotopic (exact) mass is 294 g/mol. The molecule has 0 atom stereocenters. The number of hydrogen-bond donors (Lipinski definition) is 2. The highest BCUT2D eigenvalue weighted by atomic mass is 16.5. The number of aromatic carboxylic acids is 1. The summed E-state index contributed by atoms with van der Waals surface area (Å²) in [5.41, 5.74) is 0.162. The van der Waals surface area contributed by atoms with E-state index in [1.807, 2.05) is 0 Å². The number of urea groups is 1. The Kier molecular flexibility index (Phi) is 6.19. The van der Waals surface area contributed by atoms with Gasteiger partial charge in [0.1, 0.15) is 6.54 Å². The van der Waals surface area contributed by atoms with Crippen molar-refractivity contribution < 1.29 is 24.2 Å².